The van der Waals surface area contributed by atoms with Gasteiger partial charge in [0.05, 0.1) is 5.75 Å². The molecule has 0 radical (unpaired) electrons. The fourth-order valence-electron chi connectivity index (χ4n) is 2.01. The van der Waals surface area contributed by atoms with E-state index in [1.165, 1.54) is 17.3 Å². The van der Waals surface area contributed by atoms with Gasteiger partial charge in [-0.3, -0.25) is 4.79 Å². The fraction of sp³-hybridized carbons (Fsp3) is 0.235. The van der Waals surface area contributed by atoms with Gasteiger partial charge in [-0.1, -0.05) is 25.1 Å². The Hall–Kier alpha value is -1.94. The molecule has 0 heterocycles. The van der Waals surface area contributed by atoms with Gasteiger partial charge >= 0.3 is 0 Å². The third-order valence-corrected chi connectivity index (χ3v) is 4.23. The number of carbonyl (C=O) groups excluding carboxylic acids is 1. The summed E-state index contributed by atoms with van der Waals surface area (Å²) in [7, 11) is 0. The zero-order chi connectivity index (χ0) is 15.2. The lowest BCUT2D eigenvalue weighted by Gasteiger charge is -2.08. The Kier molecular flexibility index (Phi) is 5.28. The molecule has 2 rings (SSSR count). The lowest BCUT2D eigenvalue weighted by molar-refractivity contribution is -0.113. The largest absolute Gasteiger partial charge is 0.398 e. The van der Waals surface area contributed by atoms with E-state index in [0.29, 0.717) is 5.75 Å². The highest BCUT2D eigenvalue weighted by Gasteiger charge is 2.06. The van der Waals surface area contributed by atoms with Crippen molar-refractivity contribution in [2.24, 2.45) is 0 Å². The molecule has 3 nitrogen and oxygen atoms in total. The van der Waals surface area contributed by atoms with Crippen molar-refractivity contribution in [2.45, 2.75) is 25.2 Å². The number of amides is 1. The number of carbonyl (C=O) groups is 1. The van der Waals surface area contributed by atoms with E-state index in [1.807, 2.05) is 43.3 Å². The third-order valence-electron chi connectivity index (χ3n) is 3.14. The van der Waals surface area contributed by atoms with E-state index in [4.69, 9.17) is 5.73 Å². The van der Waals surface area contributed by atoms with Gasteiger partial charge in [0.1, 0.15) is 0 Å². The molecule has 0 bridgehead atoms. The van der Waals surface area contributed by atoms with Crippen LogP contribution in [0.4, 0.5) is 11.4 Å². The third kappa shape index (κ3) is 4.53. The predicted molar refractivity (Wildman–Crippen MR) is 90.8 cm³/mol. The maximum absolute atomic E-state index is 12.0. The molecular weight excluding hydrogens is 280 g/mol. The van der Waals surface area contributed by atoms with E-state index in [2.05, 4.69) is 18.3 Å². The second-order valence-electron chi connectivity index (χ2n) is 4.93. The number of nitrogens with one attached hydrogen (secondary N) is 1. The Morgan fingerprint density at radius 2 is 2.05 bits per heavy atom. The highest BCUT2D eigenvalue weighted by atomic mass is 32.2. The Morgan fingerprint density at radius 1 is 1.24 bits per heavy atom. The topological polar surface area (TPSA) is 55.1 Å². The van der Waals surface area contributed by atoms with Crippen molar-refractivity contribution in [3.8, 4) is 0 Å². The van der Waals surface area contributed by atoms with Crippen LogP contribution in [-0.4, -0.2) is 11.7 Å². The normalized spacial score (nSPS) is 10.4. The number of nitrogen functional groups attached to an aromatic ring is 1. The first-order valence-corrected chi connectivity index (χ1v) is 7.94. The van der Waals surface area contributed by atoms with Crippen LogP contribution in [0.2, 0.25) is 0 Å². The van der Waals surface area contributed by atoms with Crippen molar-refractivity contribution >= 4 is 29.0 Å². The molecule has 0 saturated carbocycles. The second-order valence-corrected chi connectivity index (χ2v) is 5.95. The SMILES string of the molecule is CCc1cccc(NC(=O)CSc2ccc(C)cc2N)c1. The lowest BCUT2D eigenvalue weighted by Crippen LogP contribution is -2.14. The van der Waals surface area contributed by atoms with E-state index in [-0.39, 0.29) is 5.91 Å². The molecule has 0 aromatic heterocycles. The molecule has 0 saturated heterocycles. The van der Waals surface area contributed by atoms with E-state index < -0.39 is 0 Å². The average molecular weight is 300 g/mol. The van der Waals surface area contributed by atoms with Crippen molar-refractivity contribution in [2.75, 3.05) is 16.8 Å². The van der Waals surface area contributed by atoms with Gasteiger partial charge < -0.3 is 11.1 Å². The fourth-order valence-corrected chi connectivity index (χ4v) is 2.76. The highest BCUT2D eigenvalue weighted by molar-refractivity contribution is 8.00. The van der Waals surface area contributed by atoms with Crippen molar-refractivity contribution in [1.29, 1.82) is 0 Å². The van der Waals surface area contributed by atoms with Crippen molar-refractivity contribution in [3.05, 3.63) is 53.6 Å². The van der Waals surface area contributed by atoms with Gasteiger partial charge in [-0.05, 0) is 48.7 Å². The maximum atomic E-state index is 12.0. The molecule has 110 valence electrons. The average Bonchev–Trinajstić information content (AvgIpc) is 2.46. The van der Waals surface area contributed by atoms with Gasteiger partial charge in [-0.15, -0.1) is 11.8 Å². The summed E-state index contributed by atoms with van der Waals surface area (Å²) in [6.07, 6.45) is 0.957. The minimum absolute atomic E-state index is 0.0202. The number of rotatable bonds is 5. The Morgan fingerprint density at radius 3 is 2.76 bits per heavy atom. The van der Waals surface area contributed by atoms with Crippen LogP contribution in [0.15, 0.2) is 47.4 Å². The second kappa shape index (κ2) is 7.18. The molecule has 0 aliphatic carbocycles. The molecule has 2 aromatic carbocycles. The summed E-state index contributed by atoms with van der Waals surface area (Å²) in [6.45, 7) is 4.09. The molecule has 0 unspecified atom stereocenters. The van der Waals surface area contributed by atoms with Crippen molar-refractivity contribution < 1.29 is 4.79 Å². The Bertz CT molecular complexity index is 640. The molecule has 2 aromatic rings. The molecule has 21 heavy (non-hydrogen) atoms. The molecule has 0 fully saturated rings. The smallest absolute Gasteiger partial charge is 0.234 e. The lowest BCUT2D eigenvalue weighted by atomic mass is 10.1. The number of thioether (sulfide) groups is 1. The summed E-state index contributed by atoms with van der Waals surface area (Å²) >= 11 is 1.46. The molecule has 0 aliphatic rings. The van der Waals surface area contributed by atoms with E-state index in [0.717, 1.165) is 28.3 Å². The minimum atomic E-state index is -0.0202. The van der Waals surface area contributed by atoms with Gasteiger partial charge in [0.25, 0.3) is 0 Å². The molecule has 3 N–H and O–H groups in total. The van der Waals surface area contributed by atoms with Gasteiger partial charge in [0.15, 0.2) is 0 Å². The molecule has 0 atom stereocenters. The zero-order valence-electron chi connectivity index (χ0n) is 12.3. The van der Waals surface area contributed by atoms with Crippen molar-refractivity contribution in [1.82, 2.24) is 0 Å². The Labute approximate surface area is 129 Å². The summed E-state index contributed by atoms with van der Waals surface area (Å²) < 4.78 is 0. The highest BCUT2D eigenvalue weighted by Crippen LogP contribution is 2.25. The van der Waals surface area contributed by atoms with E-state index >= 15 is 0 Å². The van der Waals surface area contributed by atoms with Crippen LogP contribution in [0.5, 0.6) is 0 Å². The summed E-state index contributed by atoms with van der Waals surface area (Å²) in [5, 5.41) is 2.92. The summed E-state index contributed by atoms with van der Waals surface area (Å²) in [5.41, 5.74) is 9.85. The van der Waals surface area contributed by atoms with Crippen LogP contribution in [-0.2, 0) is 11.2 Å². The maximum Gasteiger partial charge on any atom is 0.234 e. The van der Waals surface area contributed by atoms with Crippen LogP contribution >= 0.6 is 11.8 Å². The van der Waals surface area contributed by atoms with E-state index in [9.17, 15) is 4.79 Å². The molecule has 4 heteroatoms. The first-order valence-electron chi connectivity index (χ1n) is 6.96. The van der Waals surface area contributed by atoms with Gasteiger partial charge in [0, 0.05) is 16.3 Å². The van der Waals surface area contributed by atoms with Gasteiger partial charge in [-0.25, -0.2) is 0 Å². The number of anilines is 2. The quantitative estimate of drug-likeness (QED) is 0.651. The number of hydrogen-bond donors (Lipinski definition) is 2. The monoisotopic (exact) mass is 300 g/mol. The minimum Gasteiger partial charge on any atom is -0.398 e. The first kappa shape index (κ1) is 15.4. The molecular formula is C17H20N2OS. The van der Waals surface area contributed by atoms with Crippen molar-refractivity contribution in [3.63, 3.8) is 0 Å². The number of hydrogen-bond acceptors (Lipinski definition) is 3. The van der Waals surface area contributed by atoms with Crippen LogP contribution in [0.3, 0.4) is 0 Å². The Balaban J connectivity index is 1.92. The molecule has 0 spiro atoms. The summed E-state index contributed by atoms with van der Waals surface area (Å²) in [5.74, 6) is 0.331. The molecule has 0 aliphatic heterocycles. The summed E-state index contributed by atoms with van der Waals surface area (Å²) in [4.78, 5) is 12.9. The van der Waals surface area contributed by atoms with Crippen LogP contribution in [0.1, 0.15) is 18.1 Å². The van der Waals surface area contributed by atoms with Crippen LogP contribution in [0, 0.1) is 6.92 Å². The summed E-state index contributed by atoms with van der Waals surface area (Å²) in [6, 6.07) is 13.8. The van der Waals surface area contributed by atoms with Crippen LogP contribution in [0.25, 0.3) is 0 Å². The number of aryl methyl sites for hydroxylation is 2. The standard InChI is InChI=1S/C17H20N2OS/c1-3-13-5-4-6-14(10-13)19-17(20)11-21-16-8-7-12(2)9-15(16)18/h4-10H,3,11,18H2,1-2H3,(H,19,20). The molecule has 1 amide bonds. The zero-order valence-corrected chi connectivity index (χ0v) is 13.2. The van der Waals surface area contributed by atoms with E-state index in [1.54, 1.807) is 0 Å². The van der Waals surface area contributed by atoms with Gasteiger partial charge in [0.2, 0.25) is 5.91 Å². The first-order chi connectivity index (χ1) is 10.1. The van der Waals surface area contributed by atoms with Crippen LogP contribution < -0.4 is 11.1 Å². The van der Waals surface area contributed by atoms with Gasteiger partial charge in [-0.2, -0.15) is 0 Å². The number of benzene rings is 2. The predicted octanol–water partition coefficient (Wildman–Crippen LogP) is 3.87. The number of nitrogens with two attached hydrogens (primary N) is 1.